The Kier molecular flexibility index (Phi) is 4.80. The molecule has 8 heteroatoms. The first kappa shape index (κ1) is 17.2. The predicted octanol–water partition coefficient (Wildman–Crippen LogP) is 4.67. The summed E-state index contributed by atoms with van der Waals surface area (Å²) in [6, 6.07) is 3.01. The molecule has 2 rings (SSSR count). The maximum Gasteiger partial charge on any atom is 0.272 e. The van der Waals surface area contributed by atoms with Crippen LogP contribution in [0.3, 0.4) is 0 Å². The molecule has 118 valence electrons. The summed E-state index contributed by atoms with van der Waals surface area (Å²) in [5.41, 5.74) is -0.605. The maximum atomic E-state index is 13.4. The quantitative estimate of drug-likeness (QED) is 0.739. The van der Waals surface area contributed by atoms with E-state index in [4.69, 9.17) is 34.8 Å². The van der Waals surface area contributed by atoms with E-state index in [-0.39, 0.29) is 22.2 Å². The van der Waals surface area contributed by atoms with Crippen LogP contribution in [-0.2, 0) is 12.5 Å². The van der Waals surface area contributed by atoms with Gasteiger partial charge in [-0.25, -0.2) is 13.5 Å². The molecule has 0 amide bonds. The topological polar surface area (TPSA) is 34.9 Å². The lowest BCUT2D eigenvalue weighted by Crippen LogP contribution is -2.29. The molecule has 0 N–H and O–H groups in total. The van der Waals surface area contributed by atoms with Gasteiger partial charge in [0.15, 0.2) is 0 Å². The zero-order valence-electron chi connectivity index (χ0n) is 11.6. The van der Waals surface area contributed by atoms with Crippen molar-refractivity contribution in [3.05, 3.63) is 60.4 Å². The zero-order valence-corrected chi connectivity index (χ0v) is 13.9. The van der Waals surface area contributed by atoms with Crippen molar-refractivity contribution in [1.29, 1.82) is 0 Å². The molecule has 0 aliphatic carbocycles. The molecule has 0 fully saturated rings. The maximum absolute atomic E-state index is 13.4. The van der Waals surface area contributed by atoms with Crippen LogP contribution in [0.15, 0.2) is 23.1 Å². The first-order valence-corrected chi connectivity index (χ1v) is 7.33. The van der Waals surface area contributed by atoms with Gasteiger partial charge < -0.3 is 0 Å². The fourth-order valence-electron chi connectivity index (χ4n) is 2.03. The number of hydrogen-bond donors (Lipinski definition) is 0. The van der Waals surface area contributed by atoms with E-state index in [2.05, 4.69) is 5.10 Å². The lowest BCUT2D eigenvalue weighted by Gasteiger charge is -2.15. The molecule has 0 spiro atoms. The van der Waals surface area contributed by atoms with E-state index in [1.807, 2.05) is 0 Å². The number of rotatable bonds is 3. The Labute approximate surface area is 140 Å². The van der Waals surface area contributed by atoms with E-state index < -0.39 is 17.0 Å². The molecule has 0 bridgehead atoms. The first-order valence-electron chi connectivity index (χ1n) is 6.19. The number of aromatic nitrogens is 2. The molecule has 22 heavy (non-hydrogen) atoms. The highest BCUT2D eigenvalue weighted by Gasteiger charge is 2.28. The summed E-state index contributed by atoms with van der Waals surface area (Å²) >= 11 is 17.9. The number of alkyl halides is 2. The van der Waals surface area contributed by atoms with Crippen molar-refractivity contribution >= 4 is 34.8 Å². The largest absolute Gasteiger partial charge is 0.272 e. The molecule has 0 saturated carbocycles. The van der Waals surface area contributed by atoms with Crippen molar-refractivity contribution in [2.75, 3.05) is 0 Å². The second-order valence-electron chi connectivity index (χ2n) is 4.90. The van der Waals surface area contributed by atoms with Crippen LogP contribution in [0.1, 0.15) is 23.6 Å². The second kappa shape index (κ2) is 6.14. The van der Waals surface area contributed by atoms with Crippen molar-refractivity contribution in [3.63, 3.8) is 0 Å². The standard InChI is InChI=1S/C14H11Cl3F2N2O/c1-7-10(14(2,18)19)5-20-21(13(7)22)6-8-3-9(15)4-11(16)12(8)17/h3-5H,6H2,1-2H3. The molecule has 1 aromatic heterocycles. The highest BCUT2D eigenvalue weighted by molar-refractivity contribution is 6.43. The van der Waals surface area contributed by atoms with Crippen LogP contribution >= 0.6 is 34.8 Å². The lowest BCUT2D eigenvalue weighted by atomic mass is 10.1. The van der Waals surface area contributed by atoms with Gasteiger partial charge in [0, 0.05) is 23.1 Å². The lowest BCUT2D eigenvalue weighted by molar-refractivity contribution is 0.0159. The van der Waals surface area contributed by atoms with E-state index in [1.54, 1.807) is 6.07 Å². The minimum absolute atomic E-state index is 0.0195. The summed E-state index contributed by atoms with van der Waals surface area (Å²) in [6.45, 7) is 2.03. The molecular formula is C14H11Cl3F2N2O. The van der Waals surface area contributed by atoms with Crippen molar-refractivity contribution in [2.24, 2.45) is 0 Å². The smallest absolute Gasteiger partial charge is 0.267 e. The molecule has 0 aliphatic heterocycles. The van der Waals surface area contributed by atoms with Gasteiger partial charge in [-0.05, 0) is 24.6 Å². The average molecular weight is 368 g/mol. The third kappa shape index (κ3) is 3.42. The Morgan fingerprint density at radius 1 is 1.27 bits per heavy atom. The summed E-state index contributed by atoms with van der Waals surface area (Å²) < 4.78 is 27.8. The Bertz CT molecular complexity index is 785. The first-order chi connectivity index (χ1) is 10.1. The molecule has 1 aromatic carbocycles. The SMILES string of the molecule is Cc1c(C(C)(F)F)cnn(Cc2cc(Cl)cc(Cl)c2Cl)c1=O. The average Bonchev–Trinajstić information content (AvgIpc) is 2.39. The van der Waals surface area contributed by atoms with Gasteiger partial charge in [-0.15, -0.1) is 0 Å². The summed E-state index contributed by atoms with van der Waals surface area (Å²) in [6.07, 6.45) is 0.983. The van der Waals surface area contributed by atoms with E-state index in [0.717, 1.165) is 10.9 Å². The number of halogens is 5. The molecule has 0 unspecified atom stereocenters. The van der Waals surface area contributed by atoms with Gasteiger partial charge in [0.25, 0.3) is 11.5 Å². The van der Waals surface area contributed by atoms with Crippen LogP contribution in [0.2, 0.25) is 15.1 Å². The highest BCUT2D eigenvalue weighted by Crippen LogP contribution is 2.30. The Morgan fingerprint density at radius 2 is 1.91 bits per heavy atom. The summed E-state index contributed by atoms with van der Waals surface area (Å²) in [5.74, 6) is -3.13. The Hall–Kier alpha value is -1.17. The molecule has 3 nitrogen and oxygen atoms in total. The van der Waals surface area contributed by atoms with Crippen molar-refractivity contribution < 1.29 is 8.78 Å². The molecule has 0 atom stereocenters. The second-order valence-corrected chi connectivity index (χ2v) is 6.12. The molecular weight excluding hydrogens is 357 g/mol. The third-order valence-corrected chi connectivity index (χ3v) is 4.21. The van der Waals surface area contributed by atoms with Crippen LogP contribution in [0.5, 0.6) is 0 Å². The van der Waals surface area contributed by atoms with Gasteiger partial charge in [-0.1, -0.05) is 34.8 Å². The fourth-order valence-corrected chi connectivity index (χ4v) is 2.73. The summed E-state index contributed by atoms with van der Waals surface area (Å²) in [5, 5.41) is 4.61. The normalized spacial score (nSPS) is 11.8. The molecule has 0 radical (unpaired) electrons. The molecule has 2 aromatic rings. The minimum Gasteiger partial charge on any atom is -0.267 e. The van der Waals surface area contributed by atoms with Crippen LogP contribution in [0, 0.1) is 6.92 Å². The van der Waals surface area contributed by atoms with Crippen LogP contribution in [-0.4, -0.2) is 9.78 Å². The van der Waals surface area contributed by atoms with Crippen molar-refractivity contribution in [2.45, 2.75) is 26.3 Å². The monoisotopic (exact) mass is 366 g/mol. The van der Waals surface area contributed by atoms with Gasteiger partial charge >= 0.3 is 0 Å². The van der Waals surface area contributed by atoms with Crippen molar-refractivity contribution in [1.82, 2.24) is 9.78 Å². The number of benzene rings is 1. The Morgan fingerprint density at radius 3 is 2.50 bits per heavy atom. The zero-order chi connectivity index (χ0) is 16.7. The van der Waals surface area contributed by atoms with E-state index in [0.29, 0.717) is 17.5 Å². The van der Waals surface area contributed by atoms with Crippen LogP contribution < -0.4 is 5.56 Å². The fraction of sp³-hybridized carbons (Fsp3) is 0.286. The highest BCUT2D eigenvalue weighted by atomic mass is 35.5. The summed E-state index contributed by atoms with van der Waals surface area (Å²) in [4.78, 5) is 12.2. The van der Waals surface area contributed by atoms with Crippen molar-refractivity contribution in [3.8, 4) is 0 Å². The van der Waals surface area contributed by atoms with E-state index >= 15 is 0 Å². The van der Waals surface area contributed by atoms with Crippen LogP contribution in [0.4, 0.5) is 8.78 Å². The van der Waals surface area contributed by atoms with E-state index in [9.17, 15) is 13.6 Å². The van der Waals surface area contributed by atoms with Gasteiger partial charge in [0.05, 0.1) is 22.8 Å². The molecule has 0 saturated heterocycles. The van der Waals surface area contributed by atoms with Gasteiger partial charge in [-0.3, -0.25) is 4.79 Å². The number of hydrogen-bond acceptors (Lipinski definition) is 2. The van der Waals surface area contributed by atoms with Gasteiger partial charge in [0.1, 0.15) is 0 Å². The Balaban J connectivity index is 2.49. The van der Waals surface area contributed by atoms with Gasteiger partial charge in [0.2, 0.25) is 0 Å². The predicted molar refractivity (Wildman–Crippen MR) is 83.4 cm³/mol. The summed E-state index contributed by atoms with van der Waals surface area (Å²) in [7, 11) is 0. The molecule has 0 aliphatic rings. The minimum atomic E-state index is -3.13. The van der Waals surface area contributed by atoms with Crippen LogP contribution in [0.25, 0.3) is 0 Å². The molecule has 1 heterocycles. The van der Waals surface area contributed by atoms with E-state index in [1.165, 1.54) is 13.0 Å². The van der Waals surface area contributed by atoms with Gasteiger partial charge in [-0.2, -0.15) is 5.10 Å². The number of nitrogens with zero attached hydrogens (tertiary/aromatic N) is 2. The third-order valence-electron chi connectivity index (χ3n) is 3.15.